The number of nitrogen functional groups attached to an aromatic ring is 1. The molecule has 1 aromatic rings. The molecule has 0 bridgehead atoms. The van der Waals surface area contributed by atoms with E-state index in [9.17, 15) is 4.79 Å². The van der Waals surface area contributed by atoms with Gasteiger partial charge >= 0.3 is 0 Å². The van der Waals surface area contributed by atoms with Gasteiger partial charge in [-0.1, -0.05) is 19.9 Å². The topological polar surface area (TPSA) is 58.4 Å². The predicted octanol–water partition coefficient (Wildman–Crippen LogP) is 2.49. The molecule has 3 unspecified atom stereocenters. The largest absolute Gasteiger partial charge is 0.398 e. The van der Waals surface area contributed by atoms with Gasteiger partial charge < -0.3 is 11.1 Å². The quantitative estimate of drug-likeness (QED) is 0.833. The molecule has 1 heterocycles. The van der Waals surface area contributed by atoms with Gasteiger partial charge in [0.15, 0.2) is 0 Å². The number of anilines is 2. The fourth-order valence-corrected chi connectivity index (χ4v) is 2.68. The van der Waals surface area contributed by atoms with Crippen molar-refractivity contribution >= 4 is 17.3 Å². The average Bonchev–Trinajstić information content (AvgIpc) is 2.74. The summed E-state index contributed by atoms with van der Waals surface area (Å²) in [5, 5.41) is 3.00. The van der Waals surface area contributed by atoms with Crippen LogP contribution in [-0.2, 0) is 4.79 Å². The van der Waals surface area contributed by atoms with Gasteiger partial charge in [-0.25, -0.2) is 0 Å². The molecular weight excluding hydrogens is 250 g/mol. The third-order valence-corrected chi connectivity index (χ3v) is 4.58. The minimum atomic E-state index is -0.108. The number of hydrogen-bond acceptors (Lipinski definition) is 3. The number of hydrogen-bond donors (Lipinski definition) is 2. The van der Waals surface area contributed by atoms with Gasteiger partial charge in [0.25, 0.3) is 0 Å². The van der Waals surface area contributed by atoms with Crippen LogP contribution in [0.5, 0.6) is 0 Å². The van der Waals surface area contributed by atoms with E-state index in [2.05, 4.69) is 24.1 Å². The smallest absolute Gasteiger partial charge is 0.241 e. The van der Waals surface area contributed by atoms with Crippen molar-refractivity contribution in [3.05, 3.63) is 23.8 Å². The second kappa shape index (κ2) is 5.83. The van der Waals surface area contributed by atoms with Crippen molar-refractivity contribution in [3.63, 3.8) is 0 Å². The summed E-state index contributed by atoms with van der Waals surface area (Å²) < 4.78 is 0. The summed E-state index contributed by atoms with van der Waals surface area (Å²) in [5.41, 5.74) is 8.31. The minimum Gasteiger partial charge on any atom is -0.398 e. The van der Waals surface area contributed by atoms with Gasteiger partial charge in [0.05, 0.1) is 6.04 Å². The third-order valence-electron chi connectivity index (χ3n) is 4.58. The summed E-state index contributed by atoms with van der Waals surface area (Å²) in [4.78, 5) is 14.6. The number of amides is 1. The lowest BCUT2D eigenvalue weighted by molar-refractivity contribution is -0.120. The first-order chi connectivity index (χ1) is 9.40. The van der Waals surface area contributed by atoms with Crippen molar-refractivity contribution in [1.82, 2.24) is 4.90 Å². The van der Waals surface area contributed by atoms with Gasteiger partial charge in [-0.15, -0.1) is 0 Å². The Hall–Kier alpha value is -1.55. The third kappa shape index (κ3) is 2.96. The highest BCUT2D eigenvalue weighted by molar-refractivity contribution is 5.95. The molecule has 1 aliphatic heterocycles. The molecule has 1 saturated heterocycles. The van der Waals surface area contributed by atoms with Gasteiger partial charge in [-0.3, -0.25) is 9.69 Å². The van der Waals surface area contributed by atoms with Gasteiger partial charge in [0, 0.05) is 24.5 Å². The highest BCUT2D eigenvalue weighted by Gasteiger charge is 2.32. The number of benzene rings is 1. The number of rotatable bonds is 3. The van der Waals surface area contributed by atoms with E-state index in [0.29, 0.717) is 17.5 Å². The maximum Gasteiger partial charge on any atom is 0.241 e. The monoisotopic (exact) mass is 275 g/mol. The molecule has 0 aliphatic carbocycles. The number of nitrogens with zero attached hydrogens (tertiary/aromatic N) is 1. The van der Waals surface area contributed by atoms with Crippen LogP contribution in [-0.4, -0.2) is 29.9 Å². The van der Waals surface area contributed by atoms with Gasteiger partial charge in [0.2, 0.25) is 5.91 Å². The van der Waals surface area contributed by atoms with Gasteiger partial charge in [-0.05, 0) is 43.4 Å². The Balaban J connectivity index is 2.03. The maximum atomic E-state index is 12.4. The van der Waals surface area contributed by atoms with E-state index >= 15 is 0 Å². The van der Waals surface area contributed by atoms with Crippen molar-refractivity contribution < 1.29 is 4.79 Å². The number of nitrogens with one attached hydrogen (secondary N) is 1. The van der Waals surface area contributed by atoms with Crippen LogP contribution >= 0.6 is 0 Å². The zero-order valence-electron chi connectivity index (χ0n) is 12.8. The molecule has 4 nitrogen and oxygen atoms in total. The van der Waals surface area contributed by atoms with Crippen molar-refractivity contribution in [3.8, 4) is 0 Å². The summed E-state index contributed by atoms with van der Waals surface area (Å²) in [6.07, 6.45) is 0. The Morgan fingerprint density at radius 1 is 1.35 bits per heavy atom. The van der Waals surface area contributed by atoms with Crippen molar-refractivity contribution in [2.75, 3.05) is 24.1 Å². The SMILES string of the molecule is Cc1c(N)cccc1NC(=O)C(C)N1CC(C)C(C)C1. The van der Waals surface area contributed by atoms with Crippen LogP contribution in [0, 0.1) is 18.8 Å². The number of likely N-dealkylation sites (tertiary alicyclic amines) is 1. The summed E-state index contributed by atoms with van der Waals surface area (Å²) >= 11 is 0. The summed E-state index contributed by atoms with van der Waals surface area (Å²) in [6, 6.07) is 5.50. The lowest BCUT2D eigenvalue weighted by Gasteiger charge is -2.24. The Kier molecular flexibility index (Phi) is 4.33. The fourth-order valence-electron chi connectivity index (χ4n) is 2.68. The van der Waals surface area contributed by atoms with Crippen molar-refractivity contribution in [2.24, 2.45) is 11.8 Å². The number of nitrogens with two attached hydrogens (primary N) is 1. The molecule has 0 radical (unpaired) electrons. The lowest BCUT2D eigenvalue weighted by Crippen LogP contribution is -2.41. The highest BCUT2D eigenvalue weighted by atomic mass is 16.2. The molecule has 2 rings (SSSR count). The zero-order chi connectivity index (χ0) is 14.9. The minimum absolute atomic E-state index is 0.0417. The summed E-state index contributed by atoms with van der Waals surface area (Å²) in [6.45, 7) is 10.4. The Morgan fingerprint density at radius 3 is 2.55 bits per heavy atom. The van der Waals surface area contributed by atoms with E-state index in [0.717, 1.165) is 24.3 Å². The van der Waals surface area contributed by atoms with Crippen LogP contribution in [0.15, 0.2) is 18.2 Å². The standard InChI is InChI=1S/C16H25N3O/c1-10-8-19(9-11(10)2)13(4)16(20)18-15-7-5-6-14(17)12(15)3/h5-7,10-11,13H,8-9,17H2,1-4H3,(H,18,20). The first-order valence-corrected chi connectivity index (χ1v) is 7.30. The molecule has 3 atom stereocenters. The lowest BCUT2D eigenvalue weighted by atomic mass is 10.0. The highest BCUT2D eigenvalue weighted by Crippen LogP contribution is 2.25. The van der Waals surface area contributed by atoms with Crippen LogP contribution in [0.2, 0.25) is 0 Å². The molecule has 1 fully saturated rings. The van der Waals surface area contributed by atoms with Crippen LogP contribution in [0.3, 0.4) is 0 Å². The first kappa shape index (κ1) is 14.9. The Labute approximate surface area is 121 Å². The first-order valence-electron chi connectivity index (χ1n) is 7.30. The van der Waals surface area contributed by atoms with E-state index in [-0.39, 0.29) is 11.9 Å². The normalized spacial score (nSPS) is 24.6. The molecule has 4 heteroatoms. The second-order valence-electron chi connectivity index (χ2n) is 6.09. The summed E-state index contributed by atoms with van der Waals surface area (Å²) in [7, 11) is 0. The Morgan fingerprint density at radius 2 is 1.95 bits per heavy atom. The predicted molar refractivity (Wildman–Crippen MR) is 83.6 cm³/mol. The fraction of sp³-hybridized carbons (Fsp3) is 0.562. The molecule has 0 aromatic heterocycles. The van der Waals surface area contributed by atoms with Gasteiger partial charge in [0.1, 0.15) is 0 Å². The van der Waals surface area contributed by atoms with Crippen LogP contribution in [0.4, 0.5) is 11.4 Å². The molecule has 1 amide bonds. The van der Waals surface area contributed by atoms with Crippen molar-refractivity contribution in [1.29, 1.82) is 0 Å². The van der Waals surface area contributed by atoms with Crippen LogP contribution in [0.25, 0.3) is 0 Å². The van der Waals surface area contributed by atoms with E-state index in [1.54, 1.807) is 0 Å². The average molecular weight is 275 g/mol. The molecule has 1 aromatic carbocycles. The molecule has 3 N–H and O–H groups in total. The van der Waals surface area contributed by atoms with E-state index < -0.39 is 0 Å². The molecule has 20 heavy (non-hydrogen) atoms. The van der Waals surface area contributed by atoms with E-state index in [1.807, 2.05) is 32.0 Å². The number of carbonyl (C=O) groups is 1. The zero-order valence-corrected chi connectivity index (χ0v) is 12.8. The maximum absolute atomic E-state index is 12.4. The molecule has 1 aliphatic rings. The summed E-state index contributed by atoms with van der Waals surface area (Å²) in [5.74, 6) is 1.35. The molecular formula is C16H25N3O. The Bertz CT molecular complexity index is 490. The van der Waals surface area contributed by atoms with Gasteiger partial charge in [-0.2, -0.15) is 0 Å². The molecule has 0 saturated carbocycles. The second-order valence-corrected chi connectivity index (χ2v) is 6.09. The molecule has 0 spiro atoms. The molecule has 110 valence electrons. The van der Waals surface area contributed by atoms with Crippen LogP contribution in [0.1, 0.15) is 26.3 Å². The van der Waals surface area contributed by atoms with E-state index in [1.165, 1.54) is 0 Å². The number of carbonyl (C=O) groups excluding carboxylic acids is 1. The van der Waals surface area contributed by atoms with Crippen molar-refractivity contribution in [2.45, 2.75) is 33.7 Å². The van der Waals surface area contributed by atoms with E-state index in [4.69, 9.17) is 5.73 Å². The van der Waals surface area contributed by atoms with Crippen LogP contribution < -0.4 is 11.1 Å².